The van der Waals surface area contributed by atoms with Gasteiger partial charge in [-0.1, -0.05) is 12.1 Å². The molecule has 9 heteroatoms. The number of ether oxygens (including phenoxy) is 2. The van der Waals surface area contributed by atoms with Gasteiger partial charge in [0.25, 0.3) is 5.91 Å². The first-order valence-corrected chi connectivity index (χ1v) is 9.04. The van der Waals surface area contributed by atoms with Gasteiger partial charge in [-0.15, -0.1) is 11.3 Å². The van der Waals surface area contributed by atoms with Crippen LogP contribution in [0, 0.1) is 0 Å². The number of anilines is 2. The van der Waals surface area contributed by atoms with E-state index in [1.165, 1.54) is 11.3 Å². The number of benzene rings is 1. The first kappa shape index (κ1) is 18.2. The molecule has 0 radical (unpaired) electrons. The molecule has 1 aromatic carbocycles. The summed E-state index contributed by atoms with van der Waals surface area (Å²) in [6, 6.07) is 8.11. The Kier molecular flexibility index (Phi) is 5.69. The lowest BCUT2D eigenvalue weighted by atomic mass is 10.1. The third-order valence-corrected chi connectivity index (χ3v) is 4.60. The van der Waals surface area contributed by atoms with Gasteiger partial charge in [0.15, 0.2) is 11.7 Å². The lowest BCUT2D eigenvalue weighted by Crippen LogP contribution is -2.41. The minimum atomic E-state index is -0.991. The van der Waals surface area contributed by atoms with Crippen molar-refractivity contribution in [3.8, 4) is 11.3 Å². The van der Waals surface area contributed by atoms with Crippen molar-refractivity contribution in [2.45, 2.75) is 13.0 Å². The molecule has 3 rings (SSSR count). The van der Waals surface area contributed by atoms with Crippen LogP contribution >= 0.6 is 11.3 Å². The Morgan fingerprint density at radius 3 is 3.12 bits per heavy atom. The molecule has 1 fully saturated rings. The van der Waals surface area contributed by atoms with Crippen molar-refractivity contribution in [3.63, 3.8) is 0 Å². The number of morpholine rings is 1. The number of thiazole rings is 1. The summed E-state index contributed by atoms with van der Waals surface area (Å²) in [4.78, 5) is 28.9. The smallest absolute Gasteiger partial charge is 0.405 e. The number of carbonyl (C=O) groups is 2. The average molecular weight is 376 g/mol. The summed E-state index contributed by atoms with van der Waals surface area (Å²) < 4.78 is 10.0. The average Bonchev–Trinajstić information content (AvgIpc) is 3.08. The van der Waals surface area contributed by atoms with Crippen molar-refractivity contribution in [1.82, 2.24) is 4.98 Å². The molecule has 2 amide bonds. The number of nitrogens with one attached hydrogen (secondary N) is 1. The molecule has 1 saturated heterocycles. The van der Waals surface area contributed by atoms with Crippen LogP contribution in [0.4, 0.5) is 15.6 Å². The van der Waals surface area contributed by atoms with Gasteiger partial charge >= 0.3 is 6.09 Å². The molecule has 3 N–H and O–H groups in total. The van der Waals surface area contributed by atoms with Gasteiger partial charge in [-0.25, -0.2) is 9.78 Å². The number of primary amides is 1. The van der Waals surface area contributed by atoms with Crippen LogP contribution in [0.3, 0.4) is 0 Å². The van der Waals surface area contributed by atoms with E-state index in [1.54, 1.807) is 0 Å². The maximum atomic E-state index is 11.7. The number of hydrogen-bond donors (Lipinski definition) is 2. The summed E-state index contributed by atoms with van der Waals surface area (Å²) in [7, 11) is 0. The van der Waals surface area contributed by atoms with Gasteiger partial charge in [0.1, 0.15) is 0 Å². The predicted molar refractivity (Wildman–Crippen MR) is 99.3 cm³/mol. The minimum absolute atomic E-state index is 0.205. The summed E-state index contributed by atoms with van der Waals surface area (Å²) in [6.07, 6.45) is -0.787. The lowest BCUT2D eigenvalue weighted by Gasteiger charge is -2.33. The molecule has 1 atom stereocenters. The van der Waals surface area contributed by atoms with E-state index in [9.17, 15) is 9.59 Å². The Balaban J connectivity index is 1.68. The Labute approximate surface area is 154 Å². The summed E-state index contributed by atoms with van der Waals surface area (Å²) in [6.45, 7) is 4.04. The maximum Gasteiger partial charge on any atom is 0.405 e. The Morgan fingerprint density at radius 1 is 1.50 bits per heavy atom. The van der Waals surface area contributed by atoms with E-state index in [-0.39, 0.29) is 6.10 Å². The summed E-state index contributed by atoms with van der Waals surface area (Å²) in [5.74, 6) is -0.485. The zero-order valence-corrected chi connectivity index (χ0v) is 15.1. The van der Waals surface area contributed by atoms with Crippen molar-refractivity contribution in [3.05, 3.63) is 29.6 Å². The maximum absolute atomic E-state index is 11.7. The number of carbonyl (C=O) groups excluding carboxylic acids is 2. The number of nitrogens with two attached hydrogens (primary N) is 1. The van der Waals surface area contributed by atoms with Crippen LogP contribution in [0.15, 0.2) is 29.6 Å². The van der Waals surface area contributed by atoms with Gasteiger partial charge in [0.05, 0.1) is 18.4 Å². The van der Waals surface area contributed by atoms with Crippen molar-refractivity contribution in [2.24, 2.45) is 5.73 Å². The Morgan fingerprint density at radius 2 is 2.35 bits per heavy atom. The van der Waals surface area contributed by atoms with Crippen LogP contribution in [0.25, 0.3) is 11.3 Å². The number of amides is 2. The first-order chi connectivity index (χ1) is 12.5. The molecule has 1 unspecified atom stereocenters. The molecule has 8 nitrogen and oxygen atoms in total. The van der Waals surface area contributed by atoms with Crippen molar-refractivity contribution in [2.75, 3.05) is 36.5 Å². The van der Waals surface area contributed by atoms with Crippen molar-refractivity contribution in [1.29, 1.82) is 0 Å². The van der Waals surface area contributed by atoms with Gasteiger partial charge in [0, 0.05) is 29.7 Å². The molecule has 0 saturated carbocycles. The fraction of sp³-hybridized carbons (Fsp3) is 0.353. The van der Waals surface area contributed by atoms with Crippen LogP contribution in [0.2, 0.25) is 0 Å². The zero-order chi connectivity index (χ0) is 18.5. The van der Waals surface area contributed by atoms with Gasteiger partial charge in [-0.2, -0.15) is 0 Å². The molecule has 26 heavy (non-hydrogen) atoms. The normalized spacial score (nSPS) is 17.0. The lowest BCUT2D eigenvalue weighted by molar-refractivity contribution is -0.118. The highest BCUT2D eigenvalue weighted by molar-refractivity contribution is 7.14. The second kappa shape index (κ2) is 8.15. The molecule has 1 aromatic heterocycles. The van der Waals surface area contributed by atoms with E-state index in [2.05, 4.69) is 39.0 Å². The monoisotopic (exact) mass is 376 g/mol. The highest BCUT2D eigenvalue weighted by Gasteiger charge is 2.17. The fourth-order valence-corrected chi connectivity index (χ4v) is 3.41. The third kappa shape index (κ3) is 4.70. The molecular formula is C17H20N4O4S. The molecule has 2 aromatic rings. The predicted octanol–water partition coefficient (Wildman–Crippen LogP) is 2.07. The van der Waals surface area contributed by atoms with Gasteiger partial charge in [0.2, 0.25) is 0 Å². The molecule has 0 bridgehead atoms. The highest BCUT2D eigenvalue weighted by Crippen LogP contribution is 2.28. The molecular weight excluding hydrogens is 356 g/mol. The molecule has 1 aliphatic rings. The third-order valence-electron chi connectivity index (χ3n) is 3.84. The summed E-state index contributed by atoms with van der Waals surface area (Å²) in [5, 5.41) is 4.88. The van der Waals surface area contributed by atoms with Crippen LogP contribution < -0.4 is 16.0 Å². The van der Waals surface area contributed by atoms with E-state index >= 15 is 0 Å². The molecule has 2 heterocycles. The van der Waals surface area contributed by atoms with E-state index in [0.717, 1.165) is 30.0 Å². The van der Waals surface area contributed by atoms with Gasteiger partial charge < -0.3 is 20.1 Å². The summed E-state index contributed by atoms with van der Waals surface area (Å²) >= 11 is 1.30. The SMILES string of the molecule is CC1CN(c2cccc(-c3csc(NC(=O)COC(N)=O)n3)c2)CCO1. The number of hydrogen-bond acceptors (Lipinski definition) is 7. The van der Waals surface area contributed by atoms with E-state index < -0.39 is 18.6 Å². The van der Waals surface area contributed by atoms with Gasteiger partial charge in [-0.3, -0.25) is 10.1 Å². The topological polar surface area (TPSA) is 107 Å². The number of rotatable bonds is 5. The van der Waals surface area contributed by atoms with Crippen molar-refractivity contribution >= 4 is 34.2 Å². The molecule has 0 aliphatic carbocycles. The van der Waals surface area contributed by atoms with Crippen LogP contribution in [0.1, 0.15) is 6.92 Å². The second-order valence-corrected chi connectivity index (χ2v) is 6.73. The quantitative estimate of drug-likeness (QED) is 0.827. The van der Waals surface area contributed by atoms with Crippen LogP contribution in [-0.2, 0) is 14.3 Å². The number of nitrogens with zero attached hydrogens (tertiary/aromatic N) is 2. The first-order valence-electron chi connectivity index (χ1n) is 8.16. The van der Waals surface area contributed by atoms with Crippen molar-refractivity contribution < 1.29 is 19.1 Å². The van der Waals surface area contributed by atoms with Crippen LogP contribution in [0.5, 0.6) is 0 Å². The molecule has 138 valence electrons. The standard InChI is InChI=1S/C17H20N4O4S/c1-11-8-21(5-6-24-11)13-4-2-3-12(7-13)14-10-26-17(19-14)20-15(22)9-25-16(18)23/h2-4,7,10-11H,5-6,8-9H2,1H3,(H2,18,23)(H,19,20,22). The largest absolute Gasteiger partial charge is 0.440 e. The van der Waals surface area contributed by atoms with E-state index in [4.69, 9.17) is 10.5 Å². The van der Waals surface area contributed by atoms with E-state index in [1.807, 2.05) is 17.5 Å². The fourth-order valence-electron chi connectivity index (χ4n) is 2.67. The highest BCUT2D eigenvalue weighted by atomic mass is 32.1. The zero-order valence-electron chi connectivity index (χ0n) is 14.3. The Bertz CT molecular complexity index is 795. The van der Waals surface area contributed by atoms with E-state index in [0.29, 0.717) is 11.7 Å². The minimum Gasteiger partial charge on any atom is -0.440 e. The van der Waals surface area contributed by atoms with Crippen LogP contribution in [-0.4, -0.2) is 49.4 Å². The second-order valence-electron chi connectivity index (χ2n) is 5.87. The number of aromatic nitrogens is 1. The molecule has 1 aliphatic heterocycles. The summed E-state index contributed by atoms with van der Waals surface area (Å²) in [5.41, 5.74) is 7.68. The van der Waals surface area contributed by atoms with Gasteiger partial charge in [-0.05, 0) is 19.1 Å². The Hall–Kier alpha value is -2.65. The molecule has 0 spiro atoms.